The third kappa shape index (κ3) is 3.92. The first kappa shape index (κ1) is 17.3. The highest BCUT2D eigenvalue weighted by atomic mass is 16.5. The van der Waals surface area contributed by atoms with Crippen LogP contribution in [0.4, 0.5) is 0 Å². The highest BCUT2D eigenvalue weighted by molar-refractivity contribution is 5.77. The molecule has 0 aromatic heterocycles. The lowest BCUT2D eigenvalue weighted by molar-refractivity contribution is -0.133. The summed E-state index contributed by atoms with van der Waals surface area (Å²) in [5.74, 6) is 2.43. The summed E-state index contributed by atoms with van der Waals surface area (Å²) >= 11 is 0. The Hall–Kier alpha value is -1.55. The molecule has 0 bridgehead atoms. The van der Waals surface area contributed by atoms with Crippen molar-refractivity contribution in [3.8, 4) is 5.75 Å². The first-order chi connectivity index (χ1) is 11.4. The number of likely N-dealkylation sites (tertiary alicyclic amines) is 1. The van der Waals surface area contributed by atoms with Crippen LogP contribution >= 0.6 is 0 Å². The summed E-state index contributed by atoms with van der Waals surface area (Å²) in [6.45, 7) is 10.6. The Morgan fingerprint density at radius 2 is 1.79 bits per heavy atom. The van der Waals surface area contributed by atoms with Crippen LogP contribution in [0.1, 0.15) is 39.2 Å². The van der Waals surface area contributed by atoms with Gasteiger partial charge in [0.2, 0.25) is 0 Å². The Morgan fingerprint density at radius 3 is 2.42 bits per heavy atom. The van der Waals surface area contributed by atoms with E-state index in [1.807, 2.05) is 23.1 Å². The van der Waals surface area contributed by atoms with E-state index in [1.165, 1.54) is 0 Å². The molecular formula is C20H30N2O2. The summed E-state index contributed by atoms with van der Waals surface area (Å²) in [4.78, 5) is 14.6. The van der Waals surface area contributed by atoms with Gasteiger partial charge in [0.05, 0.1) is 0 Å². The maximum atomic E-state index is 12.6. The summed E-state index contributed by atoms with van der Waals surface area (Å²) in [5.41, 5.74) is 1.15. The number of rotatable bonds is 3. The number of carbonyl (C=O) groups excluding carboxylic acids is 1. The van der Waals surface area contributed by atoms with Crippen molar-refractivity contribution < 1.29 is 9.53 Å². The topological polar surface area (TPSA) is 41.6 Å². The largest absolute Gasteiger partial charge is 0.483 e. The van der Waals surface area contributed by atoms with Gasteiger partial charge in [-0.2, -0.15) is 0 Å². The molecule has 4 nitrogen and oxygen atoms in total. The standard InChI is InChI=1S/C20H30N2O2/c1-20(2,3)17-6-4-5-7-18(17)24-14-19(23)22-10-8-15-12-21-13-16(15)9-11-22/h4-7,15-16,21H,8-14H2,1-3H3/t15-,16+. The molecule has 0 saturated carbocycles. The lowest BCUT2D eigenvalue weighted by atomic mass is 9.86. The number of carbonyl (C=O) groups is 1. The van der Waals surface area contributed by atoms with Crippen molar-refractivity contribution in [2.45, 2.75) is 39.0 Å². The first-order valence-electron chi connectivity index (χ1n) is 9.16. The maximum Gasteiger partial charge on any atom is 0.260 e. The molecule has 2 saturated heterocycles. The van der Waals surface area contributed by atoms with Crippen molar-refractivity contribution in [2.24, 2.45) is 11.8 Å². The Morgan fingerprint density at radius 1 is 1.17 bits per heavy atom. The smallest absolute Gasteiger partial charge is 0.260 e. The molecule has 1 amide bonds. The van der Waals surface area contributed by atoms with E-state index in [0.29, 0.717) is 0 Å². The van der Waals surface area contributed by atoms with Crippen molar-refractivity contribution >= 4 is 5.91 Å². The van der Waals surface area contributed by atoms with E-state index >= 15 is 0 Å². The van der Waals surface area contributed by atoms with E-state index in [4.69, 9.17) is 4.74 Å². The minimum Gasteiger partial charge on any atom is -0.483 e. The highest BCUT2D eigenvalue weighted by Crippen LogP contribution is 2.31. The van der Waals surface area contributed by atoms with Crippen LogP contribution < -0.4 is 10.1 Å². The molecular weight excluding hydrogens is 300 g/mol. The second-order valence-corrected chi connectivity index (χ2v) is 8.17. The fourth-order valence-corrected chi connectivity index (χ4v) is 3.91. The minimum absolute atomic E-state index is 0.00664. The molecule has 2 heterocycles. The predicted molar refractivity (Wildman–Crippen MR) is 96.3 cm³/mol. The van der Waals surface area contributed by atoms with E-state index in [0.717, 1.165) is 62.2 Å². The molecule has 2 aliphatic rings. The van der Waals surface area contributed by atoms with Gasteiger partial charge in [-0.15, -0.1) is 0 Å². The number of hydrogen-bond donors (Lipinski definition) is 1. The van der Waals surface area contributed by atoms with Gasteiger partial charge in [0.25, 0.3) is 5.91 Å². The molecule has 2 fully saturated rings. The zero-order valence-corrected chi connectivity index (χ0v) is 15.2. The average molecular weight is 330 g/mol. The molecule has 1 N–H and O–H groups in total. The van der Waals surface area contributed by atoms with Crippen LogP contribution in [-0.2, 0) is 10.2 Å². The number of nitrogens with zero attached hydrogens (tertiary/aromatic N) is 1. The van der Waals surface area contributed by atoms with E-state index in [1.54, 1.807) is 0 Å². The van der Waals surface area contributed by atoms with Crippen molar-refractivity contribution in [2.75, 3.05) is 32.8 Å². The summed E-state index contributed by atoms with van der Waals surface area (Å²) in [6, 6.07) is 8.04. The van der Waals surface area contributed by atoms with Crippen LogP contribution in [0.2, 0.25) is 0 Å². The molecule has 0 aliphatic carbocycles. The molecule has 1 aromatic carbocycles. The molecule has 132 valence electrons. The Balaban J connectivity index is 1.58. The van der Waals surface area contributed by atoms with Crippen LogP contribution in [-0.4, -0.2) is 43.6 Å². The van der Waals surface area contributed by atoms with Gasteiger partial charge in [-0.25, -0.2) is 0 Å². The second-order valence-electron chi connectivity index (χ2n) is 8.17. The minimum atomic E-state index is 0.00664. The van der Waals surface area contributed by atoms with Gasteiger partial charge in [-0.05, 0) is 54.8 Å². The number of fused-ring (bicyclic) bond motifs is 1. The molecule has 0 radical (unpaired) electrons. The van der Waals surface area contributed by atoms with Crippen molar-refractivity contribution in [1.29, 1.82) is 0 Å². The van der Waals surface area contributed by atoms with Gasteiger partial charge in [-0.1, -0.05) is 39.0 Å². The van der Waals surface area contributed by atoms with Crippen LogP contribution in [0, 0.1) is 11.8 Å². The molecule has 2 aliphatic heterocycles. The van der Waals surface area contributed by atoms with Gasteiger partial charge in [0.1, 0.15) is 5.75 Å². The van der Waals surface area contributed by atoms with Crippen molar-refractivity contribution in [1.82, 2.24) is 10.2 Å². The quantitative estimate of drug-likeness (QED) is 0.926. The van der Waals surface area contributed by atoms with E-state index in [2.05, 4.69) is 32.2 Å². The van der Waals surface area contributed by atoms with Gasteiger partial charge in [0.15, 0.2) is 6.61 Å². The van der Waals surface area contributed by atoms with Crippen LogP contribution in [0.3, 0.4) is 0 Å². The molecule has 3 rings (SSSR count). The van der Waals surface area contributed by atoms with Crippen molar-refractivity contribution in [3.63, 3.8) is 0 Å². The third-order valence-corrected chi connectivity index (χ3v) is 5.42. The lowest BCUT2D eigenvalue weighted by Crippen LogP contribution is -2.36. The molecule has 4 heteroatoms. The Labute approximate surface area is 145 Å². The number of benzene rings is 1. The number of ether oxygens (including phenoxy) is 1. The highest BCUT2D eigenvalue weighted by Gasteiger charge is 2.31. The van der Waals surface area contributed by atoms with Gasteiger partial charge >= 0.3 is 0 Å². The van der Waals surface area contributed by atoms with Crippen LogP contribution in [0.25, 0.3) is 0 Å². The second kappa shape index (κ2) is 7.14. The van der Waals surface area contributed by atoms with Gasteiger partial charge in [0, 0.05) is 13.1 Å². The monoisotopic (exact) mass is 330 g/mol. The van der Waals surface area contributed by atoms with Crippen LogP contribution in [0.15, 0.2) is 24.3 Å². The summed E-state index contributed by atoms with van der Waals surface area (Å²) in [5, 5.41) is 3.47. The lowest BCUT2D eigenvalue weighted by Gasteiger charge is -2.24. The molecule has 2 atom stereocenters. The number of amides is 1. The Bertz CT molecular complexity index is 565. The molecule has 0 unspecified atom stereocenters. The zero-order chi connectivity index (χ0) is 17.2. The molecule has 1 aromatic rings. The van der Waals surface area contributed by atoms with Crippen LogP contribution in [0.5, 0.6) is 5.75 Å². The predicted octanol–water partition coefficient (Wildman–Crippen LogP) is 2.82. The summed E-state index contributed by atoms with van der Waals surface area (Å²) in [7, 11) is 0. The number of nitrogens with one attached hydrogen (secondary N) is 1. The van der Waals surface area contributed by atoms with Gasteiger partial charge < -0.3 is 15.0 Å². The fraction of sp³-hybridized carbons (Fsp3) is 0.650. The SMILES string of the molecule is CC(C)(C)c1ccccc1OCC(=O)N1CC[C@@H]2CNC[C@@H]2CC1. The first-order valence-corrected chi connectivity index (χ1v) is 9.16. The maximum absolute atomic E-state index is 12.6. The summed E-state index contributed by atoms with van der Waals surface area (Å²) < 4.78 is 5.91. The zero-order valence-electron chi connectivity index (χ0n) is 15.2. The molecule has 24 heavy (non-hydrogen) atoms. The third-order valence-electron chi connectivity index (χ3n) is 5.42. The molecule has 0 spiro atoms. The van der Waals surface area contributed by atoms with E-state index in [9.17, 15) is 4.79 Å². The number of para-hydroxylation sites is 1. The van der Waals surface area contributed by atoms with E-state index in [-0.39, 0.29) is 17.9 Å². The fourth-order valence-electron chi connectivity index (χ4n) is 3.91. The van der Waals surface area contributed by atoms with Gasteiger partial charge in [-0.3, -0.25) is 4.79 Å². The normalized spacial score (nSPS) is 24.4. The van der Waals surface area contributed by atoms with E-state index < -0.39 is 0 Å². The van der Waals surface area contributed by atoms with Crippen molar-refractivity contribution in [3.05, 3.63) is 29.8 Å². The Kier molecular flexibility index (Phi) is 5.14. The summed E-state index contributed by atoms with van der Waals surface area (Å²) in [6.07, 6.45) is 2.23. The average Bonchev–Trinajstić information content (AvgIpc) is 2.90. The number of hydrogen-bond acceptors (Lipinski definition) is 3.